The molecule has 0 saturated carbocycles. The number of hydrogen-bond donors (Lipinski definition) is 1. The molecule has 0 radical (unpaired) electrons. The van der Waals surface area contributed by atoms with Gasteiger partial charge in [-0.1, -0.05) is 44.0 Å². The van der Waals surface area contributed by atoms with Gasteiger partial charge < -0.3 is 9.84 Å². The number of benzene rings is 2. The van der Waals surface area contributed by atoms with Crippen molar-refractivity contribution in [3.8, 4) is 11.1 Å². The molecule has 1 unspecified atom stereocenters. The standard InChI is InChI=1S/C17H14Br2O3/c1-2-22-16(17(20)21)15-13-7-9(18)3-5-11(13)12-6-4-10(19)8-14(12)15/h3-8,15-16H,2H2,1H3,(H,20,21). The number of carboxylic acid groups (broad SMARTS) is 1. The summed E-state index contributed by atoms with van der Waals surface area (Å²) in [7, 11) is 0. The molecule has 0 bridgehead atoms. The van der Waals surface area contributed by atoms with E-state index in [1.807, 2.05) is 43.3 Å². The Kier molecular flexibility index (Phi) is 4.39. The number of halogens is 2. The van der Waals surface area contributed by atoms with Gasteiger partial charge in [0.15, 0.2) is 6.10 Å². The third-order valence-electron chi connectivity index (χ3n) is 3.88. The SMILES string of the molecule is CCOC(C(=O)O)C1c2cc(Br)ccc2-c2ccc(Br)cc21. The smallest absolute Gasteiger partial charge is 0.333 e. The third-order valence-corrected chi connectivity index (χ3v) is 4.87. The van der Waals surface area contributed by atoms with Crippen LogP contribution in [0.5, 0.6) is 0 Å². The van der Waals surface area contributed by atoms with Crippen LogP contribution in [0, 0.1) is 0 Å². The van der Waals surface area contributed by atoms with Gasteiger partial charge in [-0.05, 0) is 53.4 Å². The Labute approximate surface area is 145 Å². The molecule has 3 rings (SSSR count). The molecular weight excluding hydrogens is 412 g/mol. The monoisotopic (exact) mass is 424 g/mol. The van der Waals surface area contributed by atoms with Crippen molar-refractivity contribution < 1.29 is 14.6 Å². The van der Waals surface area contributed by atoms with Crippen LogP contribution in [0.25, 0.3) is 11.1 Å². The fourth-order valence-corrected chi connectivity index (χ4v) is 3.81. The van der Waals surface area contributed by atoms with Gasteiger partial charge in [0.05, 0.1) is 0 Å². The number of aliphatic carboxylic acids is 1. The highest BCUT2D eigenvalue weighted by Crippen LogP contribution is 2.48. The number of ether oxygens (including phenoxy) is 1. The van der Waals surface area contributed by atoms with E-state index < -0.39 is 12.1 Å². The minimum Gasteiger partial charge on any atom is -0.479 e. The van der Waals surface area contributed by atoms with Crippen LogP contribution in [0.3, 0.4) is 0 Å². The minimum absolute atomic E-state index is 0.308. The summed E-state index contributed by atoms with van der Waals surface area (Å²) >= 11 is 6.96. The fourth-order valence-electron chi connectivity index (χ4n) is 3.06. The second kappa shape index (κ2) is 6.14. The lowest BCUT2D eigenvalue weighted by molar-refractivity contribution is -0.150. The van der Waals surface area contributed by atoms with Gasteiger partial charge >= 0.3 is 5.97 Å². The Bertz CT molecular complexity index is 691. The molecule has 0 spiro atoms. The van der Waals surface area contributed by atoms with Crippen molar-refractivity contribution in [1.29, 1.82) is 0 Å². The Hall–Kier alpha value is -1.17. The Morgan fingerprint density at radius 1 is 1.14 bits per heavy atom. The van der Waals surface area contributed by atoms with E-state index in [0.29, 0.717) is 6.61 Å². The molecule has 0 aromatic heterocycles. The molecule has 0 saturated heterocycles. The lowest BCUT2D eigenvalue weighted by atomic mass is 9.91. The molecule has 1 aliphatic rings. The highest BCUT2D eigenvalue weighted by Gasteiger charge is 2.39. The first-order valence-corrected chi connectivity index (χ1v) is 8.55. The molecule has 0 amide bonds. The molecule has 0 heterocycles. The van der Waals surface area contributed by atoms with Gasteiger partial charge in [-0.3, -0.25) is 0 Å². The van der Waals surface area contributed by atoms with E-state index >= 15 is 0 Å². The predicted octanol–water partition coefficient (Wildman–Crippen LogP) is 4.81. The molecule has 1 aliphatic carbocycles. The molecule has 5 heteroatoms. The molecule has 3 nitrogen and oxygen atoms in total. The lowest BCUT2D eigenvalue weighted by Crippen LogP contribution is -2.30. The zero-order valence-electron chi connectivity index (χ0n) is 11.8. The van der Waals surface area contributed by atoms with Crippen molar-refractivity contribution in [2.75, 3.05) is 6.61 Å². The van der Waals surface area contributed by atoms with Crippen molar-refractivity contribution in [3.63, 3.8) is 0 Å². The average molecular weight is 426 g/mol. The highest BCUT2D eigenvalue weighted by molar-refractivity contribution is 9.10. The van der Waals surface area contributed by atoms with E-state index in [0.717, 1.165) is 31.2 Å². The Morgan fingerprint density at radius 2 is 1.64 bits per heavy atom. The summed E-state index contributed by atoms with van der Waals surface area (Å²) in [5, 5.41) is 9.61. The third kappa shape index (κ3) is 2.62. The second-order valence-corrected chi connectivity index (χ2v) is 6.99. The van der Waals surface area contributed by atoms with Crippen LogP contribution < -0.4 is 0 Å². The number of carboxylic acids is 1. The summed E-state index contributed by atoms with van der Waals surface area (Å²) in [6.07, 6.45) is -0.895. The quantitative estimate of drug-likeness (QED) is 0.764. The van der Waals surface area contributed by atoms with Crippen LogP contribution >= 0.6 is 31.9 Å². The lowest BCUT2D eigenvalue weighted by Gasteiger charge is -2.22. The summed E-state index contributed by atoms with van der Waals surface area (Å²) in [5.41, 5.74) is 4.12. The van der Waals surface area contributed by atoms with Crippen LogP contribution in [-0.2, 0) is 9.53 Å². The number of hydrogen-bond acceptors (Lipinski definition) is 2. The topological polar surface area (TPSA) is 46.5 Å². The maximum Gasteiger partial charge on any atom is 0.333 e. The predicted molar refractivity (Wildman–Crippen MR) is 92.2 cm³/mol. The number of rotatable bonds is 4. The van der Waals surface area contributed by atoms with Crippen molar-refractivity contribution in [3.05, 3.63) is 56.5 Å². The largest absolute Gasteiger partial charge is 0.479 e. The molecule has 114 valence electrons. The van der Waals surface area contributed by atoms with Crippen LogP contribution in [0.1, 0.15) is 24.0 Å². The average Bonchev–Trinajstić information content (AvgIpc) is 2.77. The van der Waals surface area contributed by atoms with Gasteiger partial charge in [0.1, 0.15) is 0 Å². The maximum atomic E-state index is 11.7. The number of carbonyl (C=O) groups is 1. The van der Waals surface area contributed by atoms with E-state index in [1.165, 1.54) is 0 Å². The van der Waals surface area contributed by atoms with Crippen molar-refractivity contribution in [2.24, 2.45) is 0 Å². The van der Waals surface area contributed by atoms with Crippen molar-refractivity contribution in [1.82, 2.24) is 0 Å². The summed E-state index contributed by atoms with van der Waals surface area (Å²) in [6.45, 7) is 2.18. The van der Waals surface area contributed by atoms with Gasteiger partial charge in [-0.25, -0.2) is 4.79 Å². The van der Waals surface area contributed by atoms with Crippen LogP contribution in [0.2, 0.25) is 0 Å². The van der Waals surface area contributed by atoms with Crippen LogP contribution in [-0.4, -0.2) is 23.8 Å². The van der Waals surface area contributed by atoms with E-state index in [-0.39, 0.29) is 5.92 Å². The molecule has 1 N–H and O–H groups in total. The van der Waals surface area contributed by atoms with E-state index in [9.17, 15) is 9.90 Å². The first kappa shape index (κ1) is 15.7. The maximum absolute atomic E-state index is 11.7. The van der Waals surface area contributed by atoms with Gasteiger partial charge in [0, 0.05) is 21.5 Å². The first-order chi connectivity index (χ1) is 10.5. The molecule has 22 heavy (non-hydrogen) atoms. The fraction of sp³-hybridized carbons (Fsp3) is 0.235. The Morgan fingerprint density at radius 3 is 2.05 bits per heavy atom. The Balaban J connectivity index is 2.22. The van der Waals surface area contributed by atoms with Crippen LogP contribution in [0.4, 0.5) is 0 Å². The van der Waals surface area contributed by atoms with Gasteiger partial charge in [-0.15, -0.1) is 0 Å². The summed E-state index contributed by atoms with van der Waals surface area (Å²) < 4.78 is 7.42. The molecule has 1 atom stereocenters. The van der Waals surface area contributed by atoms with E-state index in [1.54, 1.807) is 0 Å². The molecule has 2 aromatic carbocycles. The van der Waals surface area contributed by atoms with Gasteiger partial charge in [0.25, 0.3) is 0 Å². The van der Waals surface area contributed by atoms with Crippen LogP contribution in [0.15, 0.2) is 45.3 Å². The van der Waals surface area contributed by atoms with Crippen molar-refractivity contribution >= 4 is 37.8 Å². The number of fused-ring (bicyclic) bond motifs is 3. The first-order valence-electron chi connectivity index (χ1n) is 6.96. The minimum atomic E-state index is -0.939. The van der Waals surface area contributed by atoms with E-state index in [2.05, 4.69) is 31.9 Å². The van der Waals surface area contributed by atoms with Gasteiger partial charge in [-0.2, -0.15) is 0 Å². The molecule has 2 aromatic rings. The van der Waals surface area contributed by atoms with Gasteiger partial charge in [0.2, 0.25) is 0 Å². The molecular formula is C17H14Br2O3. The molecule has 0 aliphatic heterocycles. The normalized spacial score (nSPS) is 14.5. The summed E-state index contributed by atoms with van der Waals surface area (Å²) in [4.78, 5) is 11.7. The zero-order chi connectivity index (χ0) is 15.9. The van der Waals surface area contributed by atoms with E-state index in [4.69, 9.17) is 4.74 Å². The zero-order valence-corrected chi connectivity index (χ0v) is 15.0. The summed E-state index contributed by atoms with van der Waals surface area (Å²) in [5.74, 6) is -1.25. The highest BCUT2D eigenvalue weighted by atomic mass is 79.9. The molecule has 0 fully saturated rings. The van der Waals surface area contributed by atoms with Crippen molar-refractivity contribution in [2.45, 2.75) is 18.9 Å². The second-order valence-electron chi connectivity index (χ2n) is 5.15. The summed E-state index contributed by atoms with van der Waals surface area (Å²) in [6, 6.07) is 12.0.